The van der Waals surface area contributed by atoms with Crippen LogP contribution in [0.4, 0.5) is 17.1 Å². The molecule has 1 heterocycles. The van der Waals surface area contributed by atoms with Crippen molar-refractivity contribution in [2.45, 2.75) is 12.0 Å². The van der Waals surface area contributed by atoms with Crippen LogP contribution in [0.1, 0.15) is 27.8 Å². The van der Waals surface area contributed by atoms with Crippen molar-refractivity contribution in [1.29, 1.82) is 0 Å². The van der Waals surface area contributed by atoms with Crippen LogP contribution >= 0.6 is 0 Å². The van der Waals surface area contributed by atoms with Gasteiger partial charge in [0.25, 0.3) is 0 Å². The van der Waals surface area contributed by atoms with Crippen LogP contribution in [0.5, 0.6) is 0 Å². The zero-order valence-electron chi connectivity index (χ0n) is 25.4. The Balaban J connectivity index is 1.27. The molecule has 7 aromatic rings. The molecule has 0 fully saturated rings. The predicted molar refractivity (Wildman–Crippen MR) is 191 cm³/mol. The van der Waals surface area contributed by atoms with Crippen LogP contribution in [0.2, 0.25) is 0 Å². The summed E-state index contributed by atoms with van der Waals surface area (Å²) in [4.78, 5) is 2.43. The summed E-state index contributed by atoms with van der Waals surface area (Å²) in [5.74, 6) is 0. The molecule has 0 unspecified atom stereocenters. The van der Waals surface area contributed by atoms with Gasteiger partial charge in [0.2, 0.25) is 0 Å². The second kappa shape index (κ2) is 10.4. The molecule has 1 spiro atoms. The van der Waals surface area contributed by atoms with Crippen molar-refractivity contribution < 1.29 is 0 Å². The Morgan fingerprint density at radius 1 is 0.413 bits per heavy atom. The first kappa shape index (κ1) is 26.7. The van der Waals surface area contributed by atoms with Gasteiger partial charge in [-0.1, -0.05) is 127 Å². The molecule has 0 amide bonds. The normalized spacial score (nSPS) is 13.5. The predicted octanol–water partition coefficient (Wildman–Crippen LogP) is 10.6. The lowest BCUT2D eigenvalue weighted by molar-refractivity contribution is 0.753. The Kier molecular flexibility index (Phi) is 6.06. The van der Waals surface area contributed by atoms with Crippen molar-refractivity contribution in [3.63, 3.8) is 0 Å². The highest BCUT2D eigenvalue weighted by atomic mass is 15.2. The van der Waals surface area contributed by atoms with Crippen LogP contribution < -0.4 is 10.6 Å². The van der Waals surface area contributed by atoms with E-state index in [0.717, 1.165) is 11.3 Å². The molecule has 2 aliphatic rings. The maximum Gasteiger partial charge on any atom is 0.0754 e. The van der Waals surface area contributed by atoms with Crippen molar-refractivity contribution in [1.82, 2.24) is 0 Å². The number of nitrogens with zero attached hydrogens (tertiary/aromatic N) is 1. The van der Waals surface area contributed by atoms with Crippen LogP contribution in [-0.2, 0) is 12.0 Å². The van der Waals surface area contributed by atoms with Crippen molar-refractivity contribution in [2.75, 3.05) is 4.90 Å². The fraction of sp³-hybridized carbons (Fsp3) is 0.0455. The van der Waals surface area contributed by atoms with E-state index >= 15 is 0 Å². The number of hydrogen-bond acceptors (Lipinski definition) is 2. The van der Waals surface area contributed by atoms with Crippen LogP contribution in [0, 0.1) is 0 Å². The summed E-state index contributed by atoms with van der Waals surface area (Å²) < 4.78 is 0. The highest BCUT2D eigenvalue weighted by molar-refractivity contribution is 5.96. The van der Waals surface area contributed by atoms with E-state index in [1.165, 1.54) is 67.0 Å². The molecule has 1 aliphatic carbocycles. The zero-order chi connectivity index (χ0) is 30.7. The number of rotatable bonds is 4. The maximum atomic E-state index is 5.96. The third-order valence-corrected chi connectivity index (χ3v) is 9.85. The number of hydrogen-bond donors (Lipinski definition) is 1. The number of anilines is 3. The minimum absolute atomic E-state index is 0.437. The zero-order valence-corrected chi connectivity index (χ0v) is 25.4. The second-order valence-electron chi connectivity index (χ2n) is 12.2. The van der Waals surface area contributed by atoms with Crippen molar-refractivity contribution >= 4 is 17.1 Å². The number of para-hydroxylation sites is 3. The second-order valence-corrected chi connectivity index (χ2v) is 12.2. The molecular weight excluding hydrogens is 556 g/mol. The average Bonchev–Trinajstić information content (AvgIpc) is 3.42. The van der Waals surface area contributed by atoms with Gasteiger partial charge < -0.3 is 10.6 Å². The Bertz CT molecular complexity index is 2220. The molecule has 1 aliphatic heterocycles. The van der Waals surface area contributed by atoms with E-state index < -0.39 is 5.41 Å². The van der Waals surface area contributed by atoms with Gasteiger partial charge in [0, 0.05) is 12.2 Å². The van der Waals surface area contributed by atoms with Gasteiger partial charge in [-0.2, -0.15) is 0 Å². The molecule has 2 heteroatoms. The Morgan fingerprint density at radius 2 is 0.957 bits per heavy atom. The Hall–Kier alpha value is -5.70. The fourth-order valence-corrected chi connectivity index (χ4v) is 7.90. The average molecular weight is 589 g/mol. The minimum atomic E-state index is -0.437. The quantitative estimate of drug-likeness (QED) is 0.222. The molecule has 0 aromatic heterocycles. The molecule has 9 rings (SSSR count). The first-order chi connectivity index (χ1) is 22.8. The maximum absolute atomic E-state index is 5.96. The molecule has 2 nitrogen and oxygen atoms in total. The molecule has 46 heavy (non-hydrogen) atoms. The number of nitrogens with two attached hydrogens (primary N) is 1. The summed E-state index contributed by atoms with van der Waals surface area (Å²) in [7, 11) is 0. The van der Waals surface area contributed by atoms with E-state index in [0.29, 0.717) is 6.54 Å². The van der Waals surface area contributed by atoms with Crippen LogP contribution in [-0.4, -0.2) is 0 Å². The molecule has 7 aromatic carbocycles. The van der Waals surface area contributed by atoms with Crippen LogP contribution in [0.3, 0.4) is 0 Å². The highest BCUT2D eigenvalue weighted by Gasteiger charge is 2.51. The summed E-state index contributed by atoms with van der Waals surface area (Å²) in [5, 5.41) is 0. The van der Waals surface area contributed by atoms with Gasteiger partial charge in [-0.05, 0) is 104 Å². The van der Waals surface area contributed by atoms with Gasteiger partial charge >= 0.3 is 0 Å². The van der Waals surface area contributed by atoms with Crippen LogP contribution in [0.15, 0.2) is 170 Å². The SMILES string of the molecule is NCc1cccc(-c2cccc(-c3ccc4c(c3)-c3ccccc3C43c4ccccc4N(c4ccccc4)c4ccccc43)c2)c1. The fourth-order valence-electron chi connectivity index (χ4n) is 7.90. The first-order valence-corrected chi connectivity index (χ1v) is 16.0. The molecule has 0 radical (unpaired) electrons. The third kappa shape index (κ3) is 3.81. The summed E-state index contributed by atoms with van der Waals surface area (Å²) in [6.07, 6.45) is 0. The lowest BCUT2D eigenvalue weighted by Gasteiger charge is -2.45. The highest BCUT2D eigenvalue weighted by Crippen LogP contribution is 2.63. The van der Waals surface area contributed by atoms with Gasteiger partial charge in [0.1, 0.15) is 0 Å². The molecule has 2 N–H and O–H groups in total. The van der Waals surface area contributed by atoms with Gasteiger partial charge in [-0.25, -0.2) is 0 Å². The standard InChI is InChI=1S/C44H32N2/c45-29-30-12-10-13-31(26-30)32-14-11-15-33(27-32)34-24-25-39-37(28-34)36-18-4-5-19-38(36)44(39)40-20-6-8-22-42(40)46(35-16-2-1-3-17-35)43-23-9-7-21-41(43)44/h1-28H,29,45H2. The van der Waals surface area contributed by atoms with Crippen molar-refractivity contribution in [2.24, 2.45) is 5.73 Å². The summed E-state index contributed by atoms with van der Waals surface area (Å²) in [6, 6.07) is 62.2. The topological polar surface area (TPSA) is 29.3 Å². The van der Waals surface area contributed by atoms with Crippen molar-refractivity contribution in [3.05, 3.63) is 198 Å². The van der Waals surface area contributed by atoms with E-state index in [4.69, 9.17) is 5.73 Å². The lowest BCUT2D eigenvalue weighted by Crippen LogP contribution is -2.36. The summed E-state index contributed by atoms with van der Waals surface area (Å²) in [5.41, 5.74) is 22.9. The minimum Gasteiger partial charge on any atom is -0.326 e. The van der Waals surface area contributed by atoms with E-state index in [1.54, 1.807) is 0 Å². The Morgan fingerprint density at radius 3 is 1.65 bits per heavy atom. The van der Waals surface area contributed by atoms with Gasteiger partial charge in [-0.15, -0.1) is 0 Å². The molecular formula is C44H32N2. The molecule has 0 saturated heterocycles. The van der Waals surface area contributed by atoms with Crippen LogP contribution in [0.25, 0.3) is 33.4 Å². The molecule has 218 valence electrons. The largest absolute Gasteiger partial charge is 0.326 e. The molecule has 0 bridgehead atoms. The monoisotopic (exact) mass is 588 g/mol. The third-order valence-electron chi connectivity index (χ3n) is 9.85. The van der Waals surface area contributed by atoms with E-state index in [2.05, 4.69) is 175 Å². The van der Waals surface area contributed by atoms with E-state index in [1.807, 2.05) is 0 Å². The van der Waals surface area contributed by atoms with E-state index in [9.17, 15) is 0 Å². The smallest absolute Gasteiger partial charge is 0.0754 e. The van der Waals surface area contributed by atoms with Gasteiger partial charge in [0.15, 0.2) is 0 Å². The van der Waals surface area contributed by atoms with Gasteiger partial charge in [-0.3, -0.25) is 0 Å². The van der Waals surface area contributed by atoms with E-state index in [-0.39, 0.29) is 0 Å². The van der Waals surface area contributed by atoms with Crippen molar-refractivity contribution in [3.8, 4) is 33.4 Å². The summed E-state index contributed by atoms with van der Waals surface area (Å²) in [6.45, 7) is 0.537. The lowest BCUT2D eigenvalue weighted by atomic mass is 9.64. The first-order valence-electron chi connectivity index (χ1n) is 16.0. The van der Waals surface area contributed by atoms with Gasteiger partial charge in [0.05, 0.1) is 16.8 Å². The number of benzene rings is 7. The summed E-state index contributed by atoms with van der Waals surface area (Å²) >= 11 is 0. The molecule has 0 saturated carbocycles. The number of fused-ring (bicyclic) bond motifs is 9. The Labute approximate surface area is 270 Å². The molecule has 0 atom stereocenters.